The van der Waals surface area contributed by atoms with Crippen LogP contribution >= 0.6 is 46.6 Å². The van der Waals surface area contributed by atoms with Crippen molar-refractivity contribution in [1.82, 2.24) is 0 Å². The second-order valence-corrected chi connectivity index (χ2v) is 5.78. The zero-order valence-electron chi connectivity index (χ0n) is 7.12. The Balaban J connectivity index is 2.66. The van der Waals surface area contributed by atoms with Gasteiger partial charge in [-0.25, -0.2) is 0 Å². The highest BCUT2D eigenvalue weighted by Gasteiger charge is 2.05. The lowest BCUT2D eigenvalue weighted by molar-refractivity contribution is 1.32. The maximum Gasteiger partial charge on any atom is 0.0696 e. The Kier molecular flexibility index (Phi) is 3.00. The van der Waals surface area contributed by atoms with Crippen LogP contribution in [0, 0.1) is 14.9 Å². The van der Waals surface area contributed by atoms with Crippen LogP contribution in [-0.4, -0.2) is 0 Å². The van der Waals surface area contributed by atoms with Gasteiger partial charge in [0.1, 0.15) is 0 Å². The second-order valence-electron chi connectivity index (χ2n) is 2.88. The third kappa shape index (κ3) is 1.90. The van der Waals surface area contributed by atoms with E-state index in [1.807, 2.05) is 6.07 Å². The van der Waals surface area contributed by atoms with E-state index in [0.717, 1.165) is 15.2 Å². The van der Waals surface area contributed by atoms with Crippen molar-refractivity contribution >= 4 is 56.6 Å². The number of hydrogen-bond donors (Lipinski definition) is 1. The van der Waals surface area contributed by atoms with E-state index in [2.05, 4.69) is 53.4 Å². The van der Waals surface area contributed by atoms with Crippen LogP contribution < -0.4 is 0 Å². The van der Waals surface area contributed by atoms with Gasteiger partial charge >= 0.3 is 0 Å². The molecule has 0 N–H and O–H groups in total. The van der Waals surface area contributed by atoms with E-state index in [-0.39, 0.29) is 0 Å². The van der Waals surface area contributed by atoms with Crippen LogP contribution in [0.5, 0.6) is 0 Å². The lowest BCUT2D eigenvalue weighted by Crippen LogP contribution is -1.72. The molecule has 2 aromatic rings. The molecule has 0 saturated heterocycles. The van der Waals surface area contributed by atoms with Gasteiger partial charge in [-0.3, -0.25) is 0 Å². The molecule has 1 aromatic carbocycles. The topological polar surface area (TPSA) is 23.8 Å². The summed E-state index contributed by atoms with van der Waals surface area (Å²) in [5.74, 6) is 0. The van der Waals surface area contributed by atoms with Crippen LogP contribution in [0.4, 0.5) is 0 Å². The highest BCUT2D eigenvalue weighted by molar-refractivity contribution is 14.1. The third-order valence-corrected chi connectivity index (χ3v) is 3.96. The standard InChI is InChI=1S/C10H6INS2/c11-6-3-9(13)8-5-7(1-2-12)14-10(8)4-6/h3-5,13H,1H2. The van der Waals surface area contributed by atoms with Crippen molar-refractivity contribution in [2.24, 2.45) is 0 Å². The highest BCUT2D eigenvalue weighted by atomic mass is 127. The molecule has 0 amide bonds. The third-order valence-electron chi connectivity index (χ3n) is 1.88. The zero-order valence-corrected chi connectivity index (χ0v) is 11.0. The minimum Gasteiger partial charge on any atom is -0.198 e. The van der Waals surface area contributed by atoms with E-state index >= 15 is 0 Å². The number of rotatable bonds is 1. The molecule has 1 heterocycles. The molecule has 1 nitrogen and oxygen atoms in total. The SMILES string of the molecule is N#CCc1cc2c(S)cc(I)cc2s1. The molecule has 2 rings (SSSR count). The average Bonchev–Trinajstić information content (AvgIpc) is 2.48. The first-order chi connectivity index (χ1) is 6.70. The maximum absolute atomic E-state index is 8.60. The van der Waals surface area contributed by atoms with Crippen molar-refractivity contribution in [1.29, 1.82) is 5.26 Å². The molecular weight excluding hydrogens is 325 g/mol. The lowest BCUT2D eigenvalue weighted by atomic mass is 10.2. The summed E-state index contributed by atoms with van der Waals surface area (Å²) in [6.45, 7) is 0. The van der Waals surface area contributed by atoms with Crippen molar-refractivity contribution in [2.75, 3.05) is 0 Å². The molecular formula is C10H6INS2. The fourth-order valence-electron chi connectivity index (χ4n) is 1.31. The molecule has 0 aliphatic rings. The van der Waals surface area contributed by atoms with Crippen molar-refractivity contribution in [3.05, 3.63) is 26.6 Å². The molecule has 0 aliphatic heterocycles. The average molecular weight is 331 g/mol. The summed E-state index contributed by atoms with van der Waals surface area (Å²) >= 11 is 8.37. The number of halogens is 1. The smallest absolute Gasteiger partial charge is 0.0696 e. The molecule has 70 valence electrons. The largest absolute Gasteiger partial charge is 0.198 e. The molecule has 0 fully saturated rings. The fourth-order valence-corrected chi connectivity index (χ4v) is 3.85. The second kappa shape index (κ2) is 4.09. The molecule has 0 atom stereocenters. The molecule has 0 radical (unpaired) electrons. The molecule has 0 unspecified atom stereocenters. The lowest BCUT2D eigenvalue weighted by Gasteiger charge is -1.95. The van der Waals surface area contributed by atoms with Gasteiger partial charge in [0.2, 0.25) is 0 Å². The summed E-state index contributed by atoms with van der Waals surface area (Å²) in [6, 6.07) is 8.38. The van der Waals surface area contributed by atoms with Crippen LogP contribution in [0.1, 0.15) is 4.88 Å². The van der Waals surface area contributed by atoms with Crippen molar-refractivity contribution in [3.63, 3.8) is 0 Å². The predicted molar refractivity (Wildman–Crippen MR) is 71.1 cm³/mol. The summed E-state index contributed by atoms with van der Waals surface area (Å²) in [6.07, 6.45) is 0.489. The predicted octanol–water partition coefficient (Wildman–Crippen LogP) is 3.86. The molecule has 0 saturated carbocycles. The molecule has 4 heteroatoms. The van der Waals surface area contributed by atoms with Crippen molar-refractivity contribution in [2.45, 2.75) is 11.3 Å². The van der Waals surface area contributed by atoms with Gasteiger partial charge in [-0.1, -0.05) is 0 Å². The van der Waals surface area contributed by atoms with E-state index in [1.54, 1.807) is 11.3 Å². The van der Waals surface area contributed by atoms with E-state index in [1.165, 1.54) is 8.27 Å². The number of hydrogen-bond acceptors (Lipinski definition) is 3. The number of nitriles is 1. The number of nitrogens with zero attached hydrogens (tertiary/aromatic N) is 1. The number of benzene rings is 1. The van der Waals surface area contributed by atoms with Crippen LogP contribution in [0.2, 0.25) is 0 Å². The normalized spacial score (nSPS) is 10.4. The number of fused-ring (bicyclic) bond motifs is 1. The summed E-state index contributed by atoms with van der Waals surface area (Å²) in [7, 11) is 0. The molecule has 14 heavy (non-hydrogen) atoms. The Morgan fingerprint density at radius 2 is 2.21 bits per heavy atom. The number of thiol groups is 1. The summed E-state index contributed by atoms with van der Waals surface area (Å²) in [5.41, 5.74) is 0. The van der Waals surface area contributed by atoms with Gasteiger partial charge in [0, 0.05) is 23.4 Å². The van der Waals surface area contributed by atoms with E-state index < -0.39 is 0 Å². The Morgan fingerprint density at radius 3 is 2.93 bits per heavy atom. The summed E-state index contributed by atoms with van der Waals surface area (Å²) in [4.78, 5) is 2.10. The first-order valence-electron chi connectivity index (χ1n) is 3.98. The molecule has 0 spiro atoms. The van der Waals surface area contributed by atoms with E-state index in [4.69, 9.17) is 5.26 Å². The first-order valence-corrected chi connectivity index (χ1v) is 6.33. The number of thiophene rings is 1. The van der Waals surface area contributed by atoms with Crippen molar-refractivity contribution < 1.29 is 0 Å². The monoisotopic (exact) mass is 331 g/mol. The van der Waals surface area contributed by atoms with Crippen LogP contribution in [0.25, 0.3) is 10.1 Å². The Labute approximate surface area is 105 Å². The van der Waals surface area contributed by atoms with Crippen LogP contribution in [0.15, 0.2) is 23.1 Å². The minimum atomic E-state index is 0.489. The van der Waals surface area contributed by atoms with Gasteiger partial charge < -0.3 is 0 Å². The van der Waals surface area contributed by atoms with E-state index in [9.17, 15) is 0 Å². The molecule has 1 aromatic heterocycles. The maximum atomic E-state index is 8.60. The zero-order chi connectivity index (χ0) is 10.1. The minimum absolute atomic E-state index is 0.489. The van der Waals surface area contributed by atoms with Crippen molar-refractivity contribution in [3.8, 4) is 6.07 Å². The van der Waals surface area contributed by atoms with E-state index in [0.29, 0.717) is 6.42 Å². The summed E-state index contributed by atoms with van der Waals surface area (Å²) in [5, 5.41) is 9.76. The highest BCUT2D eigenvalue weighted by Crippen LogP contribution is 2.32. The van der Waals surface area contributed by atoms with Gasteiger partial charge in [-0.2, -0.15) is 5.26 Å². The quantitative estimate of drug-likeness (QED) is 0.623. The van der Waals surface area contributed by atoms with Gasteiger partial charge in [0.05, 0.1) is 12.5 Å². The Hall–Kier alpha value is -0.250. The molecule has 0 bridgehead atoms. The Morgan fingerprint density at radius 1 is 1.43 bits per heavy atom. The van der Waals surface area contributed by atoms with Gasteiger partial charge in [0.25, 0.3) is 0 Å². The molecule has 0 aliphatic carbocycles. The fraction of sp³-hybridized carbons (Fsp3) is 0.100. The Bertz CT molecular complexity index is 525. The first kappa shape index (κ1) is 10.3. The van der Waals surface area contributed by atoms with Crippen LogP contribution in [0.3, 0.4) is 0 Å². The summed E-state index contributed by atoms with van der Waals surface area (Å²) < 4.78 is 2.40. The van der Waals surface area contributed by atoms with Crippen LogP contribution in [-0.2, 0) is 6.42 Å². The van der Waals surface area contributed by atoms with Gasteiger partial charge in [-0.05, 0) is 40.8 Å². The van der Waals surface area contributed by atoms with Gasteiger partial charge in [0.15, 0.2) is 0 Å². The van der Waals surface area contributed by atoms with Gasteiger partial charge in [-0.15, -0.1) is 24.0 Å².